The molecule has 148 valence electrons. The van der Waals surface area contributed by atoms with E-state index in [1.807, 2.05) is 25.2 Å². The normalized spacial score (nSPS) is 20.2. The van der Waals surface area contributed by atoms with Crippen LogP contribution in [0, 0.1) is 11.8 Å². The third-order valence-electron chi connectivity index (χ3n) is 5.23. The first-order valence-corrected chi connectivity index (χ1v) is 10.2. The minimum atomic E-state index is 0.0624. The van der Waals surface area contributed by atoms with E-state index in [0.29, 0.717) is 5.92 Å². The van der Waals surface area contributed by atoms with Crippen LogP contribution < -0.4 is 10.6 Å². The molecule has 1 aliphatic heterocycles. The van der Waals surface area contributed by atoms with E-state index in [-0.39, 0.29) is 6.04 Å². The molecule has 1 aliphatic rings. The van der Waals surface area contributed by atoms with Gasteiger partial charge in [-0.1, -0.05) is 32.0 Å². The zero-order chi connectivity index (χ0) is 19.2. The number of hydrogen-bond donors (Lipinski definition) is 2. The molecule has 5 heteroatoms. The standard InChI is InChI=1S/C22H34N4O/c1-16(2)14-26-11-7-8-18(15-26)13-24-22(23-4)25-17(3)21-12-19-9-5-6-10-20(19)27-21/h5-6,9-10,12,16-18H,7-8,11,13-15H2,1-4H3,(H2,23,24,25). The fourth-order valence-electron chi connectivity index (χ4n) is 3.93. The highest BCUT2D eigenvalue weighted by molar-refractivity contribution is 5.81. The maximum atomic E-state index is 5.97. The Hall–Kier alpha value is -2.01. The smallest absolute Gasteiger partial charge is 0.191 e. The molecular formula is C22H34N4O. The van der Waals surface area contributed by atoms with Gasteiger partial charge >= 0.3 is 0 Å². The van der Waals surface area contributed by atoms with Crippen molar-refractivity contribution in [3.63, 3.8) is 0 Å². The summed E-state index contributed by atoms with van der Waals surface area (Å²) in [5.41, 5.74) is 0.927. The number of furan rings is 1. The van der Waals surface area contributed by atoms with E-state index in [9.17, 15) is 0 Å². The SMILES string of the molecule is CN=C(NCC1CCCN(CC(C)C)C1)NC(C)c1cc2ccccc2o1. The van der Waals surface area contributed by atoms with E-state index >= 15 is 0 Å². The highest BCUT2D eigenvalue weighted by atomic mass is 16.3. The Morgan fingerprint density at radius 2 is 2.11 bits per heavy atom. The monoisotopic (exact) mass is 370 g/mol. The van der Waals surface area contributed by atoms with E-state index < -0.39 is 0 Å². The predicted molar refractivity (Wildman–Crippen MR) is 113 cm³/mol. The molecule has 3 rings (SSSR count). The molecule has 1 saturated heterocycles. The van der Waals surface area contributed by atoms with Crippen LogP contribution in [0.15, 0.2) is 39.7 Å². The first-order valence-electron chi connectivity index (χ1n) is 10.2. The Bertz CT molecular complexity index is 719. The first kappa shape index (κ1) is 19.7. The average Bonchev–Trinajstić information content (AvgIpc) is 3.09. The third-order valence-corrected chi connectivity index (χ3v) is 5.23. The molecule has 2 aromatic rings. The van der Waals surface area contributed by atoms with Crippen molar-refractivity contribution >= 4 is 16.9 Å². The molecule has 2 atom stereocenters. The molecule has 0 amide bonds. The molecule has 5 nitrogen and oxygen atoms in total. The number of rotatable bonds is 6. The van der Waals surface area contributed by atoms with E-state index in [1.54, 1.807) is 0 Å². The Kier molecular flexibility index (Phi) is 6.78. The number of nitrogens with one attached hydrogen (secondary N) is 2. The van der Waals surface area contributed by atoms with Crippen LogP contribution in [0.25, 0.3) is 11.0 Å². The van der Waals surface area contributed by atoms with Crippen LogP contribution in [0.4, 0.5) is 0 Å². The number of para-hydroxylation sites is 1. The highest BCUT2D eigenvalue weighted by Gasteiger charge is 2.21. The summed E-state index contributed by atoms with van der Waals surface area (Å²) < 4.78 is 5.97. The molecule has 2 N–H and O–H groups in total. The van der Waals surface area contributed by atoms with Gasteiger partial charge in [-0.3, -0.25) is 4.99 Å². The molecule has 0 saturated carbocycles. The minimum absolute atomic E-state index is 0.0624. The number of nitrogens with zero attached hydrogens (tertiary/aromatic N) is 2. The molecular weight excluding hydrogens is 336 g/mol. The van der Waals surface area contributed by atoms with Crippen LogP contribution in [0.3, 0.4) is 0 Å². The molecule has 2 unspecified atom stereocenters. The van der Waals surface area contributed by atoms with Crippen molar-refractivity contribution in [2.24, 2.45) is 16.8 Å². The second-order valence-electron chi connectivity index (χ2n) is 8.17. The van der Waals surface area contributed by atoms with E-state index in [2.05, 4.69) is 53.4 Å². The van der Waals surface area contributed by atoms with Gasteiger partial charge in [-0.25, -0.2) is 0 Å². The first-order chi connectivity index (χ1) is 13.0. The molecule has 0 spiro atoms. The molecule has 0 radical (unpaired) electrons. The second kappa shape index (κ2) is 9.27. The van der Waals surface area contributed by atoms with E-state index in [4.69, 9.17) is 4.42 Å². The van der Waals surface area contributed by atoms with Gasteiger partial charge in [0.15, 0.2) is 5.96 Å². The van der Waals surface area contributed by atoms with Gasteiger partial charge in [0.1, 0.15) is 11.3 Å². The van der Waals surface area contributed by atoms with Crippen LogP contribution >= 0.6 is 0 Å². The lowest BCUT2D eigenvalue weighted by atomic mass is 9.97. The zero-order valence-corrected chi connectivity index (χ0v) is 17.2. The minimum Gasteiger partial charge on any atom is -0.459 e. The van der Waals surface area contributed by atoms with Gasteiger partial charge in [0.05, 0.1) is 6.04 Å². The Morgan fingerprint density at radius 3 is 2.85 bits per heavy atom. The van der Waals surface area contributed by atoms with Crippen molar-refractivity contribution in [3.8, 4) is 0 Å². The van der Waals surface area contributed by atoms with Crippen molar-refractivity contribution in [2.45, 2.75) is 39.7 Å². The fourth-order valence-corrected chi connectivity index (χ4v) is 3.93. The van der Waals surface area contributed by atoms with Crippen molar-refractivity contribution in [3.05, 3.63) is 36.1 Å². The number of fused-ring (bicyclic) bond motifs is 1. The second-order valence-corrected chi connectivity index (χ2v) is 8.17. The van der Waals surface area contributed by atoms with Crippen molar-refractivity contribution in [2.75, 3.05) is 33.2 Å². The molecule has 0 aliphatic carbocycles. The lowest BCUT2D eigenvalue weighted by Gasteiger charge is -2.34. The van der Waals surface area contributed by atoms with Gasteiger partial charge in [-0.05, 0) is 50.3 Å². The van der Waals surface area contributed by atoms with Crippen molar-refractivity contribution in [1.29, 1.82) is 0 Å². The van der Waals surface area contributed by atoms with Crippen LogP contribution in [-0.2, 0) is 0 Å². The number of aliphatic imine (C=N–C) groups is 1. The average molecular weight is 371 g/mol. The summed E-state index contributed by atoms with van der Waals surface area (Å²) in [6.07, 6.45) is 2.58. The van der Waals surface area contributed by atoms with Crippen LogP contribution in [-0.4, -0.2) is 44.1 Å². The predicted octanol–water partition coefficient (Wildman–Crippen LogP) is 4.03. The molecule has 1 aromatic carbocycles. The lowest BCUT2D eigenvalue weighted by molar-refractivity contribution is 0.159. The van der Waals surface area contributed by atoms with Gasteiger partial charge in [0.2, 0.25) is 0 Å². The quantitative estimate of drug-likeness (QED) is 0.595. The maximum absolute atomic E-state index is 5.97. The largest absolute Gasteiger partial charge is 0.459 e. The highest BCUT2D eigenvalue weighted by Crippen LogP contribution is 2.23. The number of hydrogen-bond acceptors (Lipinski definition) is 3. The van der Waals surface area contributed by atoms with Gasteiger partial charge < -0.3 is 20.0 Å². The van der Waals surface area contributed by atoms with E-state index in [0.717, 1.165) is 35.2 Å². The number of benzene rings is 1. The summed E-state index contributed by atoms with van der Waals surface area (Å²) in [4.78, 5) is 7.00. The summed E-state index contributed by atoms with van der Waals surface area (Å²) in [6.45, 7) is 11.3. The van der Waals surface area contributed by atoms with Gasteiger partial charge in [-0.15, -0.1) is 0 Å². The molecule has 0 bridgehead atoms. The third kappa shape index (κ3) is 5.48. The number of guanidine groups is 1. The van der Waals surface area contributed by atoms with Gasteiger partial charge in [-0.2, -0.15) is 0 Å². The van der Waals surface area contributed by atoms with Crippen molar-refractivity contribution < 1.29 is 4.42 Å². The summed E-state index contributed by atoms with van der Waals surface area (Å²) in [5.74, 6) is 3.18. The summed E-state index contributed by atoms with van der Waals surface area (Å²) in [6, 6.07) is 10.3. The van der Waals surface area contributed by atoms with Crippen LogP contribution in [0.2, 0.25) is 0 Å². The Labute approximate surface area is 163 Å². The van der Waals surface area contributed by atoms with E-state index in [1.165, 1.54) is 32.5 Å². The summed E-state index contributed by atoms with van der Waals surface area (Å²) >= 11 is 0. The van der Waals surface area contributed by atoms with Crippen LogP contribution in [0.1, 0.15) is 45.4 Å². The summed E-state index contributed by atoms with van der Waals surface area (Å²) in [5, 5.41) is 8.11. The van der Waals surface area contributed by atoms with Gasteiger partial charge in [0, 0.05) is 32.1 Å². The Balaban J connectivity index is 1.51. The molecule has 1 aromatic heterocycles. The zero-order valence-electron chi connectivity index (χ0n) is 17.2. The number of piperidine rings is 1. The van der Waals surface area contributed by atoms with Crippen molar-refractivity contribution in [1.82, 2.24) is 15.5 Å². The number of likely N-dealkylation sites (tertiary alicyclic amines) is 1. The topological polar surface area (TPSA) is 52.8 Å². The summed E-state index contributed by atoms with van der Waals surface area (Å²) in [7, 11) is 1.83. The maximum Gasteiger partial charge on any atom is 0.191 e. The van der Waals surface area contributed by atoms with Gasteiger partial charge in [0.25, 0.3) is 0 Å². The van der Waals surface area contributed by atoms with Crippen LogP contribution in [0.5, 0.6) is 0 Å². The molecule has 2 heterocycles. The molecule has 27 heavy (non-hydrogen) atoms. The Morgan fingerprint density at radius 1 is 1.30 bits per heavy atom. The lowest BCUT2D eigenvalue weighted by Crippen LogP contribution is -2.45. The fraction of sp³-hybridized carbons (Fsp3) is 0.591. The molecule has 1 fully saturated rings.